The Morgan fingerprint density at radius 2 is 1.80 bits per heavy atom. The van der Waals surface area contributed by atoms with Gasteiger partial charge in [-0.2, -0.15) is 0 Å². The minimum Gasteiger partial charge on any atom is -0.481 e. The zero-order chi connectivity index (χ0) is 14.7. The number of ether oxygens (including phenoxy) is 1. The standard InChI is InChI=1S/C14H21NO5/c1-2-20-14(19)8-3-5-9(6-4-8)15-12(16)10-7-11(10)13(17)18/h8-11H,2-7H2,1H3,(H,15,16)(H,17,18). The number of carbonyl (C=O) groups is 3. The van der Waals surface area contributed by atoms with Gasteiger partial charge in [-0.3, -0.25) is 14.4 Å². The van der Waals surface area contributed by atoms with E-state index in [4.69, 9.17) is 9.84 Å². The number of nitrogens with one attached hydrogen (secondary N) is 1. The molecule has 2 aliphatic carbocycles. The Hall–Kier alpha value is -1.59. The van der Waals surface area contributed by atoms with Crippen LogP contribution in [0.25, 0.3) is 0 Å². The minimum atomic E-state index is -0.892. The van der Waals surface area contributed by atoms with Crippen molar-refractivity contribution in [2.24, 2.45) is 17.8 Å². The van der Waals surface area contributed by atoms with Crippen LogP contribution in [0.1, 0.15) is 39.0 Å². The van der Waals surface area contributed by atoms with Gasteiger partial charge in [0.05, 0.1) is 24.4 Å². The van der Waals surface area contributed by atoms with Crippen molar-refractivity contribution in [3.63, 3.8) is 0 Å². The maximum Gasteiger partial charge on any atom is 0.308 e. The van der Waals surface area contributed by atoms with Crippen LogP contribution in [-0.4, -0.2) is 35.6 Å². The topological polar surface area (TPSA) is 92.7 Å². The number of carbonyl (C=O) groups excluding carboxylic acids is 2. The molecule has 0 radical (unpaired) electrons. The van der Waals surface area contributed by atoms with Gasteiger partial charge in [0.15, 0.2) is 0 Å². The first-order valence-electron chi connectivity index (χ1n) is 7.22. The number of rotatable bonds is 5. The quantitative estimate of drug-likeness (QED) is 0.733. The van der Waals surface area contributed by atoms with Crippen LogP contribution in [-0.2, 0) is 19.1 Å². The van der Waals surface area contributed by atoms with Gasteiger partial charge in [0.1, 0.15) is 0 Å². The smallest absolute Gasteiger partial charge is 0.308 e. The molecule has 1 amide bonds. The number of carboxylic acids is 1. The highest BCUT2D eigenvalue weighted by Crippen LogP contribution is 2.39. The summed E-state index contributed by atoms with van der Waals surface area (Å²) in [6, 6.07) is 0.0585. The Balaban J connectivity index is 1.71. The summed E-state index contributed by atoms with van der Waals surface area (Å²) >= 11 is 0. The van der Waals surface area contributed by atoms with Crippen LogP contribution >= 0.6 is 0 Å². The molecule has 6 heteroatoms. The van der Waals surface area contributed by atoms with Gasteiger partial charge in [-0.05, 0) is 39.0 Å². The van der Waals surface area contributed by atoms with Crippen LogP contribution in [0.15, 0.2) is 0 Å². The fraction of sp³-hybridized carbons (Fsp3) is 0.786. The van der Waals surface area contributed by atoms with Crippen molar-refractivity contribution < 1.29 is 24.2 Å². The van der Waals surface area contributed by atoms with Crippen molar-refractivity contribution in [3.8, 4) is 0 Å². The second-order valence-corrected chi connectivity index (χ2v) is 5.60. The van der Waals surface area contributed by atoms with E-state index in [2.05, 4.69) is 5.32 Å². The van der Waals surface area contributed by atoms with Crippen molar-refractivity contribution in [1.29, 1.82) is 0 Å². The van der Waals surface area contributed by atoms with Gasteiger partial charge >= 0.3 is 11.9 Å². The molecule has 0 aliphatic heterocycles. The summed E-state index contributed by atoms with van der Waals surface area (Å²) in [5, 5.41) is 11.7. The van der Waals surface area contributed by atoms with E-state index < -0.39 is 11.9 Å². The van der Waals surface area contributed by atoms with E-state index >= 15 is 0 Å². The number of aliphatic carboxylic acids is 1. The van der Waals surface area contributed by atoms with Crippen LogP contribution < -0.4 is 5.32 Å². The van der Waals surface area contributed by atoms with E-state index in [0.29, 0.717) is 13.0 Å². The van der Waals surface area contributed by atoms with Gasteiger partial charge in [-0.15, -0.1) is 0 Å². The van der Waals surface area contributed by atoms with Gasteiger partial charge in [0.2, 0.25) is 5.91 Å². The van der Waals surface area contributed by atoms with Gasteiger partial charge < -0.3 is 15.2 Å². The summed E-state index contributed by atoms with van der Waals surface area (Å²) in [4.78, 5) is 34.1. The number of hydrogen-bond acceptors (Lipinski definition) is 4. The Morgan fingerprint density at radius 3 is 2.30 bits per heavy atom. The Kier molecular flexibility index (Phi) is 4.62. The van der Waals surface area contributed by atoms with Crippen LogP contribution in [0.2, 0.25) is 0 Å². The third-order valence-corrected chi connectivity index (χ3v) is 4.14. The molecule has 2 rings (SSSR count). The lowest BCUT2D eigenvalue weighted by molar-refractivity contribution is -0.149. The second kappa shape index (κ2) is 6.24. The van der Waals surface area contributed by atoms with Gasteiger partial charge in [0, 0.05) is 6.04 Å². The molecule has 112 valence electrons. The third kappa shape index (κ3) is 3.49. The molecule has 20 heavy (non-hydrogen) atoms. The molecule has 0 saturated heterocycles. The molecule has 2 saturated carbocycles. The van der Waals surface area contributed by atoms with Crippen molar-refractivity contribution in [1.82, 2.24) is 5.32 Å². The zero-order valence-corrected chi connectivity index (χ0v) is 11.6. The number of esters is 1. The molecular formula is C14H21NO5. The highest BCUT2D eigenvalue weighted by Gasteiger charge is 2.48. The third-order valence-electron chi connectivity index (χ3n) is 4.14. The molecule has 2 aliphatic rings. The highest BCUT2D eigenvalue weighted by molar-refractivity contribution is 5.89. The fourth-order valence-electron chi connectivity index (χ4n) is 2.80. The lowest BCUT2D eigenvalue weighted by Crippen LogP contribution is -2.40. The SMILES string of the molecule is CCOC(=O)C1CCC(NC(=O)C2CC2C(=O)O)CC1. The largest absolute Gasteiger partial charge is 0.481 e. The number of carboxylic acid groups (broad SMARTS) is 1. The van der Waals surface area contributed by atoms with E-state index in [1.165, 1.54) is 0 Å². The predicted octanol–water partition coefficient (Wildman–Crippen LogP) is 0.945. The minimum absolute atomic E-state index is 0.0585. The molecule has 6 nitrogen and oxygen atoms in total. The van der Waals surface area contributed by atoms with Crippen LogP contribution in [0, 0.1) is 17.8 Å². The van der Waals surface area contributed by atoms with Crippen molar-refractivity contribution >= 4 is 17.8 Å². The van der Waals surface area contributed by atoms with E-state index in [-0.39, 0.29) is 29.8 Å². The van der Waals surface area contributed by atoms with Crippen LogP contribution in [0.5, 0.6) is 0 Å². The van der Waals surface area contributed by atoms with E-state index in [0.717, 1.165) is 25.7 Å². The molecule has 0 aromatic carbocycles. The Morgan fingerprint density at radius 1 is 1.15 bits per heavy atom. The number of hydrogen-bond donors (Lipinski definition) is 2. The van der Waals surface area contributed by atoms with Gasteiger partial charge in [-0.1, -0.05) is 0 Å². The summed E-state index contributed by atoms with van der Waals surface area (Å²) < 4.78 is 4.99. The molecule has 0 aromatic rings. The lowest BCUT2D eigenvalue weighted by Gasteiger charge is -2.27. The first kappa shape index (κ1) is 14.8. The highest BCUT2D eigenvalue weighted by atomic mass is 16.5. The van der Waals surface area contributed by atoms with Crippen molar-refractivity contribution in [2.45, 2.75) is 45.1 Å². The average Bonchev–Trinajstić information content (AvgIpc) is 3.20. The average molecular weight is 283 g/mol. The summed E-state index contributed by atoms with van der Waals surface area (Å²) in [6.45, 7) is 2.19. The maximum atomic E-state index is 11.8. The van der Waals surface area contributed by atoms with E-state index in [1.54, 1.807) is 6.92 Å². The second-order valence-electron chi connectivity index (χ2n) is 5.60. The first-order valence-corrected chi connectivity index (χ1v) is 7.22. The monoisotopic (exact) mass is 283 g/mol. The summed E-state index contributed by atoms with van der Waals surface area (Å²) in [7, 11) is 0. The van der Waals surface area contributed by atoms with Crippen LogP contribution in [0.3, 0.4) is 0 Å². The van der Waals surface area contributed by atoms with Crippen molar-refractivity contribution in [2.75, 3.05) is 6.61 Å². The molecule has 0 heterocycles. The van der Waals surface area contributed by atoms with Gasteiger partial charge in [-0.25, -0.2) is 0 Å². The normalized spacial score (nSPS) is 32.2. The van der Waals surface area contributed by atoms with Gasteiger partial charge in [0.25, 0.3) is 0 Å². The molecule has 2 fully saturated rings. The number of amides is 1. The summed E-state index contributed by atoms with van der Waals surface area (Å²) in [5.74, 6) is -2.13. The molecule has 0 spiro atoms. The summed E-state index contributed by atoms with van der Waals surface area (Å²) in [6.07, 6.45) is 3.38. The molecule has 0 bridgehead atoms. The molecule has 2 atom stereocenters. The molecule has 0 aromatic heterocycles. The Bertz CT molecular complexity index is 400. The molecule has 2 unspecified atom stereocenters. The van der Waals surface area contributed by atoms with E-state index in [1.807, 2.05) is 0 Å². The zero-order valence-electron chi connectivity index (χ0n) is 11.6. The molecular weight excluding hydrogens is 262 g/mol. The van der Waals surface area contributed by atoms with Crippen LogP contribution in [0.4, 0.5) is 0 Å². The maximum absolute atomic E-state index is 11.8. The fourth-order valence-corrected chi connectivity index (χ4v) is 2.80. The molecule has 2 N–H and O–H groups in total. The lowest BCUT2D eigenvalue weighted by atomic mass is 9.86. The Labute approximate surface area is 117 Å². The predicted molar refractivity (Wildman–Crippen MR) is 69.8 cm³/mol. The summed E-state index contributed by atoms with van der Waals surface area (Å²) in [5.41, 5.74) is 0. The van der Waals surface area contributed by atoms with Crippen molar-refractivity contribution in [3.05, 3.63) is 0 Å². The van der Waals surface area contributed by atoms with E-state index in [9.17, 15) is 14.4 Å². The first-order chi connectivity index (χ1) is 9.52.